The summed E-state index contributed by atoms with van der Waals surface area (Å²) in [5, 5.41) is 10.2. The van der Waals surface area contributed by atoms with Gasteiger partial charge in [-0.15, -0.1) is 0 Å². The van der Waals surface area contributed by atoms with E-state index in [-0.39, 0.29) is 0 Å². The van der Waals surface area contributed by atoms with Crippen molar-refractivity contribution in [2.45, 2.75) is 59.1 Å². The molecule has 0 aliphatic rings. The van der Waals surface area contributed by atoms with Crippen molar-refractivity contribution in [1.29, 1.82) is 0 Å². The van der Waals surface area contributed by atoms with Gasteiger partial charge in [-0.2, -0.15) is 5.06 Å². The average molecular weight is 203 g/mol. The molecule has 0 spiro atoms. The molecule has 4 heteroatoms. The van der Waals surface area contributed by atoms with Gasteiger partial charge in [0.05, 0.1) is 5.54 Å². The van der Waals surface area contributed by atoms with Gasteiger partial charge in [-0.05, 0) is 41.0 Å². The Labute approximate surface area is 85.8 Å². The molecule has 0 heterocycles. The molecule has 0 rings (SSSR count). The first-order valence-corrected chi connectivity index (χ1v) is 4.82. The third-order valence-corrected chi connectivity index (χ3v) is 2.01. The largest absolute Gasteiger partial charge is 0.442 e. The minimum Gasteiger partial charge on any atom is -0.442 e. The Bertz CT molecular complexity index is 206. The molecule has 0 saturated heterocycles. The number of rotatable bonds is 2. The van der Waals surface area contributed by atoms with Gasteiger partial charge in [0.2, 0.25) is 0 Å². The van der Waals surface area contributed by atoms with E-state index in [1.807, 2.05) is 6.92 Å². The maximum atomic E-state index is 11.4. The van der Waals surface area contributed by atoms with Crippen molar-refractivity contribution < 1.29 is 14.7 Å². The lowest BCUT2D eigenvalue weighted by Crippen LogP contribution is -2.47. The molecular formula is C10H21NO3. The molecule has 14 heavy (non-hydrogen) atoms. The van der Waals surface area contributed by atoms with Crippen LogP contribution in [-0.2, 0) is 4.74 Å². The second kappa shape index (κ2) is 4.17. The Morgan fingerprint density at radius 1 is 1.29 bits per heavy atom. The van der Waals surface area contributed by atoms with E-state index in [1.165, 1.54) is 0 Å². The molecule has 0 aliphatic heterocycles. The first kappa shape index (κ1) is 13.2. The van der Waals surface area contributed by atoms with E-state index in [4.69, 9.17) is 4.74 Å². The molecule has 4 nitrogen and oxygen atoms in total. The van der Waals surface area contributed by atoms with Crippen molar-refractivity contribution in [3.8, 4) is 0 Å². The average Bonchev–Trinajstić information content (AvgIpc) is 2.00. The maximum Gasteiger partial charge on any atom is 0.434 e. The number of nitrogens with zero attached hydrogens (tertiary/aromatic N) is 1. The highest BCUT2D eigenvalue weighted by atomic mass is 16.6. The Morgan fingerprint density at radius 3 is 2.00 bits per heavy atom. The molecule has 0 aromatic carbocycles. The van der Waals surface area contributed by atoms with E-state index in [9.17, 15) is 10.0 Å². The summed E-state index contributed by atoms with van der Waals surface area (Å²) in [6.07, 6.45) is -0.0488. The summed E-state index contributed by atoms with van der Waals surface area (Å²) in [6, 6.07) is 0. The first-order valence-electron chi connectivity index (χ1n) is 4.82. The Kier molecular flexibility index (Phi) is 3.94. The predicted molar refractivity (Wildman–Crippen MR) is 54.2 cm³/mol. The van der Waals surface area contributed by atoms with E-state index < -0.39 is 17.2 Å². The van der Waals surface area contributed by atoms with E-state index in [2.05, 4.69) is 0 Å². The minimum absolute atomic E-state index is 0.581. The van der Waals surface area contributed by atoms with Gasteiger partial charge in [0, 0.05) is 0 Å². The van der Waals surface area contributed by atoms with Crippen molar-refractivity contribution >= 4 is 6.09 Å². The Morgan fingerprint density at radius 2 is 1.71 bits per heavy atom. The van der Waals surface area contributed by atoms with Crippen molar-refractivity contribution in [3.63, 3.8) is 0 Å². The lowest BCUT2D eigenvalue weighted by atomic mass is 10.0. The molecule has 0 unspecified atom stereocenters. The topological polar surface area (TPSA) is 49.8 Å². The van der Waals surface area contributed by atoms with Crippen LogP contribution in [0, 0.1) is 0 Å². The normalized spacial score (nSPS) is 12.5. The molecule has 0 aliphatic carbocycles. The smallest absolute Gasteiger partial charge is 0.434 e. The summed E-state index contributed by atoms with van der Waals surface area (Å²) in [5.41, 5.74) is -1.18. The summed E-state index contributed by atoms with van der Waals surface area (Å²) in [5.74, 6) is 0. The van der Waals surface area contributed by atoms with Crippen LogP contribution in [-0.4, -0.2) is 27.5 Å². The molecular weight excluding hydrogens is 182 g/mol. The van der Waals surface area contributed by atoms with Crippen molar-refractivity contribution in [2.75, 3.05) is 0 Å². The predicted octanol–water partition coefficient (Wildman–Crippen LogP) is 2.80. The van der Waals surface area contributed by atoms with Crippen LogP contribution in [0.25, 0.3) is 0 Å². The first-order chi connectivity index (χ1) is 6.10. The summed E-state index contributed by atoms with van der Waals surface area (Å²) in [7, 11) is 0. The van der Waals surface area contributed by atoms with Crippen molar-refractivity contribution in [2.24, 2.45) is 0 Å². The highest BCUT2D eigenvalue weighted by Crippen LogP contribution is 2.19. The van der Waals surface area contributed by atoms with Gasteiger partial charge in [0.1, 0.15) is 5.60 Å². The number of carbonyl (C=O) groups excluding carboxylic acids is 1. The lowest BCUT2D eigenvalue weighted by Gasteiger charge is -2.33. The Hall–Kier alpha value is -0.770. The fraction of sp³-hybridized carbons (Fsp3) is 0.900. The molecule has 84 valence electrons. The third kappa shape index (κ3) is 3.96. The standard InChI is InChI=1S/C10H21NO3/c1-7-10(5,6)11(13)8(12)14-9(2,3)4/h13H,7H2,1-6H3. The summed E-state index contributed by atoms with van der Waals surface area (Å²) >= 11 is 0. The van der Waals surface area contributed by atoms with Crippen LogP contribution in [0.1, 0.15) is 48.0 Å². The van der Waals surface area contributed by atoms with Crippen molar-refractivity contribution in [3.05, 3.63) is 0 Å². The number of amides is 1. The van der Waals surface area contributed by atoms with Crippen LogP contribution >= 0.6 is 0 Å². The fourth-order valence-electron chi connectivity index (χ4n) is 0.702. The molecule has 0 bridgehead atoms. The summed E-state index contributed by atoms with van der Waals surface area (Å²) in [6.45, 7) is 10.7. The third-order valence-electron chi connectivity index (χ3n) is 2.01. The summed E-state index contributed by atoms with van der Waals surface area (Å²) < 4.78 is 5.02. The molecule has 0 saturated carbocycles. The van der Waals surface area contributed by atoms with Crippen molar-refractivity contribution in [1.82, 2.24) is 5.06 Å². The SMILES string of the molecule is CCC(C)(C)N(O)C(=O)OC(C)(C)C. The van der Waals surface area contributed by atoms with Gasteiger partial charge in [-0.3, -0.25) is 5.21 Å². The number of hydrogen-bond donors (Lipinski definition) is 1. The van der Waals surface area contributed by atoms with Crippen LogP contribution in [0.3, 0.4) is 0 Å². The number of carbonyl (C=O) groups is 1. The van der Waals surface area contributed by atoms with E-state index in [1.54, 1.807) is 34.6 Å². The van der Waals surface area contributed by atoms with Gasteiger partial charge in [0.25, 0.3) is 0 Å². The quantitative estimate of drug-likeness (QED) is 0.554. The highest BCUT2D eigenvalue weighted by Gasteiger charge is 2.31. The minimum atomic E-state index is -0.704. The zero-order valence-electron chi connectivity index (χ0n) is 9.92. The number of ether oxygens (including phenoxy) is 1. The highest BCUT2D eigenvalue weighted by molar-refractivity contribution is 5.67. The van der Waals surface area contributed by atoms with Crippen LogP contribution < -0.4 is 0 Å². The lowest BCUT2D eigenvalue weighted by molar-refractivity contribution is -0.148. The summed E-state index contributed by atoms with van der Waals surface area (Å²) in [4.78, 5) is 11.4. The molecule has 0 radical (unpaired) electrons. The zero-order chi connectivity index (χ0) is 11.6. The van der Waals surface area contributed by atoms with Crippen LogP contribution in [0.2, 0.25) is 0 Å². The van der Waals surface area contributed by atoms with E-state index in [0.717, 1.165) is 0 Å². The van der Waals surface area contributed by atoms with Gasteiger partial charge >= 0.3 is 6.09 Å². The Balaban J connectivity index is 4.41. The van der Waals surface area contributed by atoms with Crippen LogP contribution in [0.15, 0.2) is 0 Å². The number of hydrogen-bond acceptors (Lipinski definition) is 3. The van der Waals surface area contributed by atoms with Crippen LogP contribution in [0.5, 0.6) is 0 Å². The maximum absolute atomic E-state index is 11.4. The van der Waals surface area contributed by atoms with E-state index in [0.29, 0.717) is 11.5 Å². The van der Waals surface area contributed by atoms with Crippen LogP contribution in [0.4, 0.5) is 4.79 Å². The monoisotopic (exact) mass is 203 g/mol. The second-order valence-electron chi connectivity index (χ2n) is 4.96. The molecule has 1 amide bonds. The zero-order valence-corrected chi connectivity index (χ0v) is 9.92. The van der Waals surface area contributed by atoms with Gasteiger partial charge < -0.3 is 4.74 Å². The van der Waals surface area contributed by atoms with Gasteiger partial charge in [-0.25, -0.2) is 4.79 Å². The number of hydroxylamine groups is 2. The van der Waals surface area contributed by atoms with Gasteiger partial charge in [0.15, 0.2) is 0 Å². The molecule has 0 aromatic heterocycles. The van der Waals surface area contributed by atoms with Gasteiger partial charge in [-0.1, -0.05) is 6.92 Å². The molecule has 0 atom stereocenters. The second-order valence-corrected chi connectivity index (χ2v) is 4.96. The van der Waals surface area contributed by atoms with E-state index >= 15 is 0 Å². The molecule has 0 fully saturated rings. The fourth-order valence-corrected chi connectivity index (χ4v) is 0.702. The molecule has 0 aromatic rings. The molecule has 1 N–H and O–H groups in total.